The quantitative estimate of drug-likeness (QED) is 0.800. The lowest BCUT2D eigenvalue weighted by molar-refractivity contribution is 0.0999. The molecule has 0 aromatic carbocycles. The molecule has 0 saturated heterocycles. The summed E-state index contributed by atoms with van der Waals surface area (Å²) in [5.41, 5.74) is 11.5. The number of nitrogens with zero attached hydrogens (tertiary/aromatic N) is 2. The van der Waals surface area contributed by atoms with Crippen molar-refractivity contribution in [2.75, 3.05) is 0 Å². The lowest BCUT2D eigenvalue weighted by Gasteiger charge is -2.33. The van der Waals surface area contributed by atoms with E-state index < -0.39 is 5.91 Å². The molecule has 2 unspecified atom stereocenters. The number of hydrogen-bond donors (Lipinski definition) is 2. The van der Waals surface area contributed by atoms with Crippen molar-refractivity contribution in [1.82, 2.24) is 9.78 Å². The Balaban J connectivity index is 3.08. The van der Waals surface area contributed by atoms with Gasteiger partial charge in [0.2, 0.25) is 0 Å². The van der Waals surface area contributed by atoms with E-state index in [-0.39, 0.29) is 17.5 Å². The van der Waals surface area contributed by atoms with Gasteiger partial charge in [0.15, 0.2) is 0 Å². The van der Waals surface area contributed by atoms with Gasteiger partial charge < -0.3 is 11.5 Å². The average molecular weight is 224 g/mol. The number of amides is 1. The Labute approximate surface area is 95.8 Å². The predicted molar refractivity (Wildman–Crippen MR) is 62.9 cm³/mol. The minimum absolute atomic E-state index is 0.0283. The first kappa shape index (κ1) is 12.7. The summed E-state index contributed by atoms with van der Waals surface area (Å²) in [6.07, 6.45) is 3.13. The van der Waals surface area contributed by atoms with Crippen LogP contribution < -0.4 is 11.5 Å². The van der Waals surface area contributed by atoms with Crippen LogP contribution in [0, 0.1) is 5.41 Å². The lowest BCUT2D eigenvalue weighted by Crippen LogP contribution is -2.38. The summed E-state index contributed by atoms with van der Waals surface area (Å²) in [5, 5.41) is 4.16. The lowest BCUT2D eigenvalue weighted by atomic mass is 9.83. The van der Waals surface area contributed by atoms with E-state index in [1.165, 1.54) is 6.20 Å². The average Bonchev–Trinajstić information content (AvgIpc) is 2.49. The fraction of sp³-hybridized carbons (Fsp3) is 0.636. The summed E-state index contributed by atoms with van der Waals surface area (Å²) in [7, 11) is 0. The number of carbonyl (C=O) groups excluding carboxylic acids is 1. The van der Waals surface area contributed by atoms with Crippen LogP contribution >= 0.6 is 0 Å². The molecule has 1 heterocycles. The van der Waals surface area contributed by atoms with Crippen LogP contribution in [-0.4, -0.2) is 21.7 Å². The fourth-order valence-electron chi connectivity index (χ4n) is 2.04. The summed E-state index contributed by atoms with van der Waals surface area (Å²) < 4.78 is 1.73. The molecular weight excluding hydrogens is 204 g/mol. The minimum atomic E-state index is -0.469. The number of hydrogen-bond acceptors (Lipinski definition) is 3. The van der Waals surface area contributed by atoms with E-state index >= 15 is 0 Å². The van der Waals surface area contributed by atoms with Crippen LogP contribution in [0.3, 0.4) is 0 Å². The monoisotopic (exact) mass is 224 g/mol. The summed E-state index contributed by atoms with van der Waals surface area (Å²) in [5.74, 6) is -0.469. The molecule has 0 saturated carbocycles. The largest absolute Gasteiger partial charge is 0.366 e. The van der Waals surface area contributed by atoms with Gasteiger partial charge in [-0.15, -0.1) is 0 Å². The molecule has 0 aliphatic heterocycles. The molecule has 1 rings (SSSR count). The zero-order chi connectivity index (χ0) is 12.5. The highest BCUT2D eigenvalue weighted by atomic mass is 16.1. The van der Waals surface area contributed by atoms with Crippen molar-refractivity contribution in [1.29, 1.82) is 0 Å². The zero-order valence-corrected chi connectivity index (χ0v) is 10.3. The highest BCUT2D eigenvalue weighted by Gasteiger charge is 2.30. The molecule has 0 fully saturated rings. The molecule has 90 valence electrons. The van der Waals surface area contributed by atoms with Gasteiger partial charge in [0.1, 0.15) is 0 Å². The highest BCUT2D eigenvalue weighted by Crippen LogP contribution is 2.32. The maximum Gasteiger partial charge on any atom is 0.251 e. The van der Waals surface area contributed by atoms with Gasteiger partial charge in [0, 0.05) is 12.2 Å². The van der Waals surface area contributed by atoms with Crippen LogP contribution in [0.1, 0.15) is 44.1 Å². The van der Waals surface area contributed by atoms with Gasteiger partial charge >= 0.3 is 0 Å². The van der Waals surface area contributed by atoms with Gasteiger partial charge in [-0.25, -0.2) is 0 Å². The Kier molecular flexibility index (Phi) is 3.38. The standard InChI is InChI=1S/C11H20N4O/c1-7(12)9(11(2,3)4)15-6-8(5-14-15)10(13)16/h5-7,9H,12H2,1-4H3,(H2,13,16). The van der Waals surface area contributed by atoms with Gasteiger partial charge in [0.25, 0.3) is 5.91 Å². The van der Waals surface area contributed by atoms with Crippen molar-refractivity contribution in [3.63, 3.8) is 0 Å². The predicted octanol–water partition coefficient (Wildman–Crippen LogP) is 0.916. The second-order valence-corrected chi connectivity index (χ2v) is 5.24. The maximum atomic E-state index is 11.0. The van der Waals surface area contributed by atoms with Gasteiger partial charge in [0.05, 0.1) is 17.8 Å². The van der Waals surface area contributed by atoms with Gasteiger partial charge in [-0.2, -0.15) is 5.10 Å². The van der Waals surface area contributed by atoms with Crippen molar-refractivity contribution in [3.8, 4) is 0 Å². The van der Waals surface area contributed by atoms with Gasteiger partial charge in [-0.1, -0.05) is 20.8 Å². The first-order chi connectivity index (χ1) is 7.23. The number of carbonyl (C=O) groups is 1. The molecule has 0 aliphatic carbocycles. The van der Waals surface area contributed by atoms with Crippen LogP contribution in [0.15, 0.2) is 12.4 Å². The second kappa shape index (κ2) is 4.25. The fourth-order valence-corrected chi connectivity index (χ4v) is 2.04. The molecule has 0 aliphatic rings. The highest BCUT2D eigenvalue weighted by molar-refractivity contribution is 5.92. The Morgan fingerprint density at radius 1 is 1.50 bits per heavy atom. The molecule has 2 atom stereocenters. The number of nitrogens with two attached hydrogens (primary N) is 2. The molecule has 0 spiro atoms. The van der Waals surface area contributed by atoms with Crippen LogP contribution in [0.2, 0.25) is 0 Å². The third-order valence-corrected chi connectivity index (χ3v) is 2.56. The van der Waals surface area contributed by atoms with Crippen LogP contribution in [0.25, 0.3) is 0 Å². The Bertz CT molecular complexity index is 376. The zero-order valence-electron chi connectivity index (χ0n) is 10.3. The van der Waals surface area contributed by atoms with Crippen molar-refractivity contribution < 1.29 is 4.79 Å². The summed E-state index contributed by atoms with van der Waals surface area (Å²) in [6, 6.07) is -0.0266. The molecule has 4 N–H and O–H groups in total. The smallest absolute Gasteiger partial charge is 0.251 e. The summed E-state index contributed by atoms with van der Waals surface area (Å²) >= 11 is 0. The molecule has 16 heavy (non-hydrogen) atoms. The third kappa shape index (κ3) is 2.61. The second-order valence-electron chi connectivity index (χ2n) is 5.24. The Morgan fingerprint density at radius 3 is 2.38 bits per heavy atom. The van der Waals surface area contributed by atoms with Crippen molar-refractivity contribution in [2.24, 2.45) is 16.9 Å². The minimum Gasteiger partial charge on any atom is -0.366 e. The first-order valence-corrected chi connectivity index (χ1v) is 5.33. The van der Waals surface area contributed by atoms with Crippen LogP contribution in [0.4, 0.5) is 0 Å². The SMILES string of the molecule is CC(N)C(n1cc(C(N)=O)cn1)C(C)(C)C. The normalized spacial score (nSPS) is 15.8. The van der Waals surface area contributed by atoms with E-state index in [4.69, 9.17) is 11.5 Å². The van der Waals surface area contributed by atoms with Crippen molar-refractivity contribution in [2.45, 2.75) is 39.8 Å². The van der Waals surface area contributed by atoms with E-state index in [1.54, 1.807) is 10.9 Å². The van der Waals surface area contributed by atoms with Crippen molar-refractivity contribution in [3.05, 3.63) is 18.0 Å². The molecule has 5 heteroatoms. The van der Waals surface area contributed by atoms with Crippen LogP contribution in [0.5, 0.6) is 0 Å². The summed E-state index contributed by atoms with van der Waals surface area (Å²) in [4.78, 5) is 11.0. The van der Waals surface area contributed by atoms with Gasteiger partial charge in [-0.05, 0) is 12.3 Å². The summed E-state index contributed by atoms with van der Waals surface area (Å²) in [6.45, 7) is 8.20. The van der Waals surface area contributed by atoms with E-state index in [0.29, 0.717) is 5.56 Å². The molecule has 0 radical (unpaired) electrons. The Morgan fingerprint density at radius 2 is 2.06 bits per heavy atom. The van der Waals surface area contributed by atoms with Gasteiger partial charge in [-0.3, -0.25) is 9.48 Å². The molecule has 1 aromatic heterocycles. The van der Waals surface area contributed by atoms with E-state index in [1.807, 2.05) is 6.92 Å². The molecule has 0 bridgehead atoms. The van der Waals surface area contributed by atoms with E-state index in [0.717, 1.165) is 0 Å². The van der Waals surface area contributed by atoms with Crippen molar-refractivity contribution >= 4 is 5.91 Å². The Hall–Kier alpha value is -1.36. The van der Waals surface area contributed by atoms with E-state index in [9.17, 15) is 4.79 Å². The topological polar surface area (TPSA) is 86.9 Å². The number of primary amides is 1. The molecule has 1 aromatic rings. The number of aromatic nitrogens is 2. The first-order valence-electron chi connectivity index (χ1n) is 5.33. The molecular formula is C11H20N4O. The van der Waals surface area contributed by atoms with Crippen LogP contribution in [-0.2, 0) is 0 Å². The third-order valence-electron chi connectivity index (χ3n) is 2.56. The van der Waals surface area contributed by atoms with E-state index in [2.05, 4.69) is 25.9 Å². The maximum absolute atomic E-state index is 11.0. The number of rotatable bonds is 3. The molecule has 1 amide bonds. The molecule has 5 nitrogen and oxygen atoms in total.